The molecule has 1 N–H and O–H groups in total. The largest absolute Gasteiger partial charge is 0.459 e. The van der Waals surface area contributed by atoms with E-state index in [4.69, 9.17) is 4.42 Å². The molecule has 2 nitrogen and oxygen atoms in total. The monoisotopic (exact) mass is 321 g/mol. The van der Waals surface area contributed by atoms with E-state index in [1.54, 1.807) is 0 Å². The van der Waals surface area contributed by atoms with Crippen molar-refractivity contribution in [3.63, 3.8) is 0 Å². The summed E-state index contributed by atoms with van der Waals surface area (Å²) >= 11 is 3.53. The summed E-state index contributed by atoms with van der Waals surface area (Å²) in [6, 6.07) is 10.7. The molecule has 1 atom stereocenters. The van der Waals surface area contributed by atoms with Gasteiger partial charge in [0.1, 0.15) is 11.5 Å². The Hall–Kier alpha value is -1.06. The van der Waals surface area contributed by atoms with E-state index >= 15 is 0 Å². The fourth-order valence-corrected chi connectivity index (χ4v) is 2.87. The molecular formula is C16H20BrNO. The van der Waals surface area contributed by atoms with E-state index in [0.717, 1.165) is 34.5 Å². The minimum Gasteiger partial charge on any atom is -0.459 e. The number of furan rings is 1. The van der Waals surface area contributed by atoms with E-state index < -0.39 is 0 Å². The Balaban J connectivity index is 2.29. The van der Waals surface area contributed by atoms with E-state index in [-0.39, 0.29) is 0 Å². The van der Waals surface area contributed by atoms with Gasteiger partial charge in [-0.05, 0) is 55.8 Å². The van der Waals surface area contributed by atoms with Crippen molar-refractivity contribution in [2.24, 2.45) is 0 Å². The van der Waals surface area contributed by atoms with Gasteiger partial charge in [-0.25, -0.2) is 0 Å². The van der Waals surface area contributed by atoms with Crippen LogP contribution >= 0.6 is 15.9 Å². The van der Waals surface area contributed by atoms with Crippen molar-refractivity contribution in [3.05, 3.63) is 46.1 Å². The van der Waals surface area contributed by atoms with Crippen LogP contribution in [-0.2, 0) is 0 Å². The molecule has 1 unspecified atom stereocenters. The molecule has 0 amide bonds. The summed E-state index contributed by atoms with van der Waals surface area (Å²) < 4.78 is 7.08. The van der Waals surface area contributed by atoms with Crippen molar-refractivity contribution in [1.82, 2.24) is 5.32 Å². The van der Waals surface area contributed by atoms with Crippen LogP contribution in [0.1, 0.15) is 37.6 Å². The number of hydrogen-bond acceptors (Lipinski definition) is 2. The third kappa shape index (κ3) is 3.48. The predicted molar refractivity (Wildman–Crippen MR) is 83.3 cm³/mol. The van der Waals surface area contributed by atoms with Crippen molar-refractivity contribution < 1.29 is 4.42 Å². The van der Waals surface area contributed by atoms with Gasteiger partial charge in [-0.2, -0.15) is 0 Å². The predicted octanol–water partition coefficient (Wildman–Crippen LogP) is 5.08. The Morgan fingerprint density at radius 1 is 1.21 bits per heavy atom. The van der Waals surface area contributed by atoms with Gasteiger partial charge < -0.3 is 9.73 Å². The van der Waals surface area contributed by atoms with E-state index in [1.165, 1.54) is 5.56 Å². The number of benzene rings is 1. The van der Waals surface area contributed by atoms with Crippen molar-refractivity contribution in [2.75, 3.05) is 6.54 Å². The van der Waals surface area contributed by atoms with Gasteiger partial charge in [0.2, 0.25) is 0 Å². The maximum Gasteiger partial charge on any atom is 0.134 e. The molecule has 0 saturated carbocycles. The minimum atomic E-state index is 0.298. The molecule has 2 rings (SSSR count). The summed E-state index contributed by atoms with van der Waals surface area (Å²) in [7, 11) is 0. The Bertz CT molecular complexity index is 527. The summed E-state index contributed by atoms with van der Waals surface area (Å²) in [6.45, 7) is 7.32. The summed E-state index contributed by atoms with van der Waals surface area (Å²) in [4.78, 5) is 0. The molecule has 0 fully saturated rings. The molecule has 0 aliphatic heterocycles. The molecule has 0 radical (unpaired) electrons. The summed E-state index contributed by atoms with van der Waals surface area (Å²) in [5.74, 6) is 1.94. The van der Waals surface area contributed by atoms with Crippen molar-refractivity contribution >= 4 is 15.9 Å². The van der Waals surface area contributed by atoms with E-state index in [1.807, 2.05) is 0 Å². The van der Waals surface area contributed by atoms with Gasteiger partial charge in [-0.3, -0.25) is 0 Å². The number of aryl methyl sites for hydroxylation is 1. The van der Waals surface area contributed by atoms with E-state index in [0.29, 0.717) is 6.04 Å². The van der Waals surface area contributed by atoms with Crippen LogP contribution in [0.2, 0.25) is 0 Å². The lowest BCUT2D eigenvalue weighted by molar-refractivity contribution is 0.417. The third-order valence-corrected chi connectivity index (χ3v) is 3.61. The summed E-state index contributed by atoms with van der Waals surface area (Å²) in [5.41, 5.74) is 2.34. The number of halogens is 1. The van der Waals surface area contributed by atoms with E-state index in [9.17, 15) is 0 Å². The molecule has 0 spiro atoms. The molecule has 1 aromatic heterocycles. The van der Waals surface area contributed by atoms with Crippen molar-refractivity contribution in [2.45, 2.75) is 33.2 Å². The second-order valence-corrected chi connectivity index (χ2v) is 5.65. The lowest BCUT2D eigenvalue weighted by Gasteiger charge is -2.12. The first-order chi connectivity index (χ1) is 9.13. The molecule has 0 aliphatic carbocycles. The van der Waals surface area contributed by atoms with Crippen LogP contribution in [0, 0.1) is 6.92 Å². The van der Waals surface area contributed by atoms with Crippen LogP contribution in [-0.4, -0.2) is 6.54 Å². The first-order valence-corrected chi connectivity index (χ1v) is 7.54. The van der Waals surface area contributed by atoms with Crippen LogP contribution in [0.15, 0.2) is 39.2 Å². The highest BCUT2D eigenvalue weighted by Gasteiger charge is 2.13. The number of rotatable bonds is 5. The van der Waals surface area contributed by atoms with Gasteiger partial charge in [-0.15, -0.1) is 0 Å². The molecular weight excluding hydrogens is 302 g/mol. The lowest BCUT2D eigenvalue weighted by atomic mass is 10.1. The minimum absolute atomic E-state index is 0.298. The van der Waals surface area contributed by atoms with E-state index in [2.05, 4.69) is 72.3 Å². The normalized spacial score (nSPS) is 12.6. The van der Waals surface area contributed by atoms with Gasteiger partial charge in [0, 0.05) is 10.0 Å². The molecule has 0 saturated heterocycles. The Morgan fingerprint density at radius 3 is 2.63 bits per heavy atom. The standard InChI is InChI=1S/C16H20BrNO/c1-4-14(18-5-2)16-7-6-15(19-16)12-8-11(3)9-13(17)10-12/h6-10,14,18H,4-5H2,1-3H3. The quantitative estimate of drug-likeness (QED) is 0.830. The molecule has 19 heavy (non-hydrogen) atoms. The average Bonchev–Trinajstić information content (AvgIpc) is 2.84. The van der Waals surface area contributed by atoms with Gasteiger partial charge in [0.05, 0.1) is 6.04 Å². The van der Waals surface area contributed by atoms with Gasteiger partial charge in [-0.1, -0.05) is 29.8 Å². The lowest BCUT2D eigenvalue weighted by Crippen LogP contribution is -2.19. The molecule has 3 heteroatoms. The first-order valence-electron chi connectivity index (χ1n) is 6.74. The zero-order valence-corrected chi connectivity index (χ0v) is 13.3. The Labute approximate surface area is 123 Å². The highest BCUT2D eigenvalue weighted by molar-refractivity contribution is 9.10. The maximum absolute atomic E-state index is 6.00. The van der Waals surface area contributed by atoms with Crippen LogP contribution in [0.5, 0.6) is 0 Å². The fourth-order valence-electron chi connectivity index (χ4n) is 2.27. The molecule has 102 valence electrons. The summed E-state index contributed by atoms with van der Waals surface area (Å²) in [6.07, 6.45) is 1.03. The zero-order chi connectivity index (χ0) is 13.8. The molecule has 1 heterocycles. The van der Waals surface area contributed by atoms with Gasteiger partial charge >= 0.3 is 0 Å². The third-order valence-electron chi connectivity index (χ3n) is 3.16. The molecule has 0 aliphatic rings. The fraction of sp³-hybridized carbons (Fsp3) is 0.375. The SMILES string of the molecule is CCNC(CC)c1ccc(-c2cc(C)cc(Br)c2)o1. The number of nitrogens with one attached hydrogen (secondary N) is 1. The first kappa shape index (κ1) is 14.4. The summed E-state index contributed by atoms with van der Waals surface area (Å²) in [5, 5.41) is 3.43. The van der Waals surface area contributed by atoms with Crippen molar-refractivity contribution in [3.8, 4) is 11.3 Å². The van der Waals surface area contributed by atoms with Crippen molar-refractivity contribution in [1.29, 1.82) is 0 Å². The van der Waals surface area contributed by atoms with Crippen LogP contribution < -0.4 is 5.32 Å². The highest BCUT2D eigenvalue weighted by atomic mass is 79.9. The average molecular weight is 322 g/mol. The number of hydrogen-bond donors (Lipinski definition) is 1. The Morgan fingerprint density at radius 2 is 2.00 bits per heavy atom. The smallest absolute Gasteiger partial charge is 0.134 e. The van der Waals surface area contributed by atoms with Crippen LogP contribution in [0.4, 0.5) is 0 Å². The van der Waals surface area contributed by atoms with Crippen LogP contribution in [0.25, 0.3) is 11.3 Å². The van der Waals surface area contributed by atoms with Crippen LogP contribution in [0.3, 0.4) is 0 Å². The zero-order valence-electron chi connectivity index (χ0n) is 11.7. The van der Waals surface area contributed by atoms with Gasteiger partial charge in [0.15, 0.2) is 0 Å². The second kappa shape index (κ2) is 6.40. The Kier molecular flexibility index (Phi) is 4.83. The molecule has 0 bridgehead atoms. The second-order valence-electron chi connectivity index (χ2n) is 4.74. The highest BCUT2D eigenvalue weighted by Crippen LogP contribution is 2.29. The topological polar surface area (TPSA) is 25.2 Å². The molecule has 1 aromatic carbocycles. The molecule has 2 aromatic rings. The van der Waals surface area contributed by atoms with Gasteiger partial charge in [0.25, 0.3) is 0 Å². The maximum atomic E-state index is 6.00.